The van der Waals surface area contributed by atoms with Gasteiger partial charge in [-0.1, -0.05) is 42.2 Å². The third-order valence-electron chi connectivity index (χ3n) is 3.40. The lowest BCUT2D eigenvalue weighted by Gasteiger charge is -2.12. The van der Waals surface area contributed by atoms with E-state index in [0.717, 1.165) is 5.56 Å². The summed E-state index contributed by atoms with van der Waals surface area (Å²) in [5.41, 5.74) is 1.21. The van der Waals surface area contributed by atoms with Crippen LogP contribution in [0, 0.1) is 5.82 Å². The Kier molecular flexibility index (Phi) is 6.44. The number of hydrogen-bond acceptors (Lipinski definition) is 5. The molecule has 1 aliphatic heterocycles. The zero-order chi connectivity index (χ0) is 18.7. The average Bonchev–Trinajstić information content (AvgIpc) is 2.92. The van der Waals surface area contributed by atoms with Gasteiger partial charge in [0, 0.05) is 5.56 Å². The topological polar surface area (TPSA) is 41.9 Å². The predicted molar refractivity (Wildman–Crippen MR) is 112 cm³/mol. The highest BCUT2D eigenvalue weighted by atomic mass is 79.9. The number of thioether (sulfide) groups is 1. The number of ether oxygens (including phenoxy) is 1. The van der Waals surface area contributed by atoms with Crippen molar-refractivity contribution < 1.29 is 13.9 Å². The van der Waals surface area contributed by atoms with Crippen LogP contribution in [0.15, 0.2) is 50.4 Å². The van der Waals surface area contributed by atoms with Gasteiger partial charge in [0.15, 0.2) is 4.32 Å². The molecule has 1 aliphatic rings. The van der Waals surface area contributed by atoms with Gasteiger partial charge < -0.3 is 4.74 Å². The van der Waals surface area contributed by atoms with Gasteiger partial charge in [0.2, 0.25) is 0 Å². The molecule has 0 aromatic heterocycles. The van der Waals surface area contributed by atoms with Crippen LogP contribution in [0.5, 0.6) is 5.75 Å². The molecule has 0 atom stereocenters. The van der Waals surface area contributed by atoms with Gasteiger partial charge in [-0.25, -0.2) is 4.39 Å². The maximum atomic E-state index is 13.7. The minimum atomic E-state index is -0.312. The van der Waals surface area contributed by atoms with Gasteiger partial charge in [-0.15, -0.1) is 0 Å². The van der Waals surface area contributed by atoms with Crippen LogP contribution < -0.4 is 4.74 Å². The van der Waals surface area contributed by atoms with Crippen molar-refractivity contribution in [3.63, 3.8) is 0 Å². The summed E-state index contributed by atoms with van der Waals surface area (Å²) >= 11 is 13.3. The van der Waals surface area contributed by atoms with Crippen LogP contribution in [0.4, 0.5) is 4.39 Å². The van der Waals surface area contributed by atoms with E-state index >= 15 is 0 Å². The molecule has 2 aromatic rings. The van der Waals surface area contributed by atoms with Crippen molar-refractivity contribution in [2.45, 2.75) is 6.61 Å². The Morgan fingerprint density at radius 1 is 1.31 bits per heavy atom. The van der Waals surface area contributed by atoms with Crippen molar-refractivity contribution in [2.24, 2.45) is 5.10 Å². The Morgan fingerprint density at radius 2 is 2.00 bits per heavy atom. The fourth-order valence-electron chi connectivity index (χ4n) is 2.14. The maximum absolute atomic E-state index is 13.7. The molecule has 134 valence electrons. The van der Waals surface area contributed by atoms with E-state index in [4.69, 9.17) is 17.0 Å². The zero-order valence-electron chi connectivity index (χ0n) is 13.1. The van der Waals surface area contributed by atoms with Crippen LogP contribution in [0.25, 0.3) is 0 Å². The largest absolute Gasteiger partial charge is 0.486 e. The lowest BCUT2D eigenvalue weighted by atomic mass is 10.2. The van der Waals surface area contributed by atoms with E-state index in [1.165, 1.54) is 22.8 Å². The molecule has 1 amide bonds. The van der Waals surface area contributed by atoms with E-state index in [-0.39, 0.29) is 18.3 Å². The van der Waals surface area contributed by atoms with Gasteiger partial charge in [-0.05, 0) is 55.6 Å². The van der Waals surface area contributed by atoms with Gasteiger partial charge in [-0.3, -0.25) is 4.79 Å². The standard InChI is InChI=1S/C17H11Br2FN2O2S2/c18-12-5-10(7-21-22-15(23)9-26-17(22)25)6-13(19)16(12)24-8-11-3-1-2-4-14(11)20/h1-7H,8-9H2/b21-7+. The molecule has 1 fully saturated rings. The predicted octanol–water partition coefficient (Wildman–Crippen LogP) is 5.12. The normalized spacial score (nSPS) is 14.5. The third-order valence-corrected chi connectivity index (χ3v) is 5.92. The molecule has 1 saturated heterocycles. The fraction of sp³-hybridized carbons (Fsp3) is 0.118. The monoisotopic (exact) mass is 516 g/mol. The Balaban J connectivity index is 1.75. The van der Waals surface area contributed by atoms with Gasteiger partial charge in [0.05, 0.1) is 20.9 Å². The number of rotatable bonds is 5. The molecule has 0 aliphatic carbocycles. The summed E-state index contributed by atoms with van der Waals surface area (Å²) in [5, 5.41) is 5.35. The number of halogens is 3. The van der Waals surface area contributed by atoms with Crippen molar-refractivity contribution in [3.8, 4) is 5.75 Å². The molecule has 4 nitrogen and oxygen atoms in total. The van der Waals surface area contributed by atoms with Crippen molar-refractivity contribution in [2.75, 3.05) is 5.75 Å². The Bertz CT molecular complexity index is 869. The van der Waals surface area contributed by atoms with Crippen molar-refractivity contribution in [3.05, 3.63) is 62.3 Å². The molecule has 0 N–H and O–H groups in total. The van der Waals surface area contributed by atoms with Gasteiger partial charge in [0.25, 0.3) is 5.91 Å². The second kappa shape index (κ2) is 8.60. The molecule has 26 heavy (non-hydrogen) atoms. The van der Waals surface area contributed by atoms with Crippen LogP contribution in [0.1, 0.15) is 11.1 Å². The Morgan fingerprint density at radius 3 is 2.62 bits per heavy atom. The molecular weight excluding hydrogens is 507 g/mol. The highest BCUT2D eigenvalue weighted by Crippen LogP contribution is 2.35. The first-order chi connectivity index (χ1) is 12.5. The number of benzene rings is 2. The van der Waals surface area contributed by atoms with Crippen molar-refractivity contribution in [1.29, 1.82) is 0 Å². The quantitative estimate of drug-likeness (QED) is 0.407. The molecule has 0 bridgehead atoms. The summed E-state index contributed by atoms with van der Waals surface area (Å²) in [6.45, 7) is 0.102. The first kappa shape index (κ1) is 19.5. The van der Waals surface area contributed by atoms with Crippen LogP contribution in [-0.4, -0.2) is 27.2 Å². The summed E-state index contributed by atoms with van der Waals surface area (Å²) in [4.78, 5) is 11.7. The number of carbonyl (C=O) groups excluding carboxylic acids is 1. The van der Waals surface area contributed by atoms with E-state index in [0.29, 0.717) is 30.3 Å². The number of nitrogens with zero attached hydrogens (tertiary/aromatic N) is 2. The molecule has 2 aromatic carbocycles. The van der Waals surface area contributed by atoms with Crippen molar-refractivity contribution >= 4 is 72.3 Å². The Labute approximate surface area is 176 Å². The van der Waals surface area contributed by atoms with Crippen LogP contribution in [-0.2, 0) is 11.4 Å². The average molecular weight is 518 g/mol. The maximum Gasteiger partial charge on any atom is 0.259 e. The lowest BCUT2D eigenvalue weighted by Crippen LogP contribution is -2.22. The Hall–Kier alpha value is -1.29. The zero-order valence-corrected chi connectivity index (χ0v) is 17.9. The summed E-state index contributed by atoms with van der Waals surface area (Å²) in [5.74, 6) is 0.410. The highest BCUT2D eigenvalue weighted by molar-refractivity contribution is 9.11. The molecule has 0 radical (unpaired) electrons. The van der Waals surface area contributed by atoms with Gasteiger partial charge >= 0.3 is 0 Å². The molecule has 9 heteroatoms. The number of carbonyl (C=O) groups is 1. The highest BCUT2D eigenvalue weighted by Gasteiger charge is 2.26. The number of hydrogen-bond donors (Lipinski definition) is 0. The molecule has 0 unspecified atom stereocenters. The van der Waals surface area contributed by atoms with E-state index in [1.54, 1.807) is 36.5 Å². The van der Waals surface area contributed by atoms with Crippen LogP contribution in [0.2, 0.25) is 0 Å². The van der Waals surface area contributed by atoms with Crippen LogP contribution in [0.3, 0.4) is 0 Å². The SMILES string of the molecule is O=C1CSC(=S)N1/N=C/c1cc(Br)c(OCc2ccccc2F)c(Br)c1. The number of thiocarbonyl (C=S) groups is 1. The molecule has 0 spiro atoms. The van der Waals surface area contributed by atoms with E-state index in [1.807, 2.05) is 0 Å². The van der Waals surface area contributed by atoms with E-state index in [2.05, 4.69) is 37.0 Å². The first-order valence-electron chi connectivity index (χ1n) is 7.34. The minimum Gasteiger partial charge on any atom is -0.486 e. The summed E-state index contributed by atoms with van der Waals surface area (Å²) in [7, 11) is 0. The molecule has 0 saturated carbocycles. The molecule has 1 heterocycles. The van der Waals surface area contributed by atoms with E-state index < -0.39 is 0 Å². The molecular formula is C17H11Br2FN2O2S2. The summed E-state index contributed by atoms with van der Waals surface area (Å²) < 4.78 is 21.2. The fourth-order valence-corrected chi connectivity index (χ4v) is 4.56. The van der Waals surface area contributed by atoms with E-state index in [9.17, 15) is 9.18 Å². The lowest BCUT2D eigenvalue weighted by molar-refractivity contribution is -0.123. The van der Waals surface area contributed by atoms with Crippen LogP contribution >= 0.6 is 55.8 Å². The summed E-state index contributed by atoms with van der Waals surface area (Å²) in [6, 6.07) is 10.0. The molecule has 3 rings (SSSR count). The van der Waals surface area contributed by atoms with Gasteiger partial charge in [-0.2, -0.15) is 10.1 Å². The smallest absolute Gasteiger partial charge is 0.259 e. The minimum absolute atomic E-state index is 0.102. The third kappa shape index (κ3) is 4.51. The number of hydrazone groups is 1. The second-order valence-corrected chi connectivity index (χ2v) is 8.52. The second-order valence-electron chi connectivity index (χ2n) is 5.20. The number of amides is 1. The van der Waals surface area contributed by atoms with Crippen molar-refractivity contribution in [1.82, 2.24) is 5.01 Å². The summed E-state index contributed by atoms with van der Waals surface area (Å²) in [6.07, 6.45) is 1.55. The van der Waals surface area contributed by atoms with Gasteiger partial charge in [0.1, 0.15) is 18.2 Å². The first-order valence-corrected chi connectivity index (χ1v) is 10.3.